The summed E-state index contributed by atoms with van der Waals surface area (Å²) in [6.07, 6.45) is 6.35. The molecule has 0 bridgehead atoms. The molecule has 0 radical (unpaired) electrons. The molecule has 0 aliphatic carbocycles. The molecule has 0 spiro atoms. The Morgan fingerprint density at radius 1 is 1.29 bits per heavy atom. The van der Waals surface area contributed by atoms with Crippen LogP contribution in [0.25, 0.3) is 6.08 Å². The van der Waals surface area contributed by atoms with Crippen molar-refractivity contribution in [3.63, 3.8) is 0 Å². The number of hydrogen-bond acceptors (Lipinski definition) is 2. The Balaban J connectivity index is 2.46. The van der Waals surface area contributed by atoms with Crippen LogP contribution in [-0.2, 0) is 0 Å². The third-order valence-electron chi connectivity index (χ3n) is 2.76. The first-order chi connectivity index (χ1) is 8.27. The Morgan fingerprint density at radius 3 is 2.76 bits per heavy atom. The molecular formula is C15H22OS. The molecule has 0 saturated carbocycles. The Hall–Kier alpha value is -0.890. The van der Waals surface area contributed by atoms with Crippen molar-refractivity contribution in [1.29, 1.82) is 0 Å². The smallest absolute Gasteiger partial charge is 0.126 e. The molecule has 1 aromatic carbocycles. The number of benzene rings is 1. The van der Waals surface area contributed by atoms with Gasteiger partial charge in [-0.25, -0.2) is 0 Å². The predicted octanol–water partition coefficient (Wildman–Crippen LogP) is 4.44. The third-order valence-corrected chi connectivity index (χ3v) is 3.01. The zero-order valence-corrected chi connectivity index (χ0v) is 11.6. The van der Waals surface area contributed by atoms with Crippen molar-refractivity contribution < 1.29 is 4.74 Å². The SMILES string of the molecule is CC=Cc1ccccc1OCCC(C)CCS. The highest BCUT2D eigenvalue weighted by atomic mass is 32.1. The minimum Gasteiger partial charge on any atom is -0.493 e. The molecule has 94 valence electrons. The minimum absolute atomic E-state index is 0.682. The molecule has 1 nitrogen and oxygen atoms in total. The van der Waals surface area contributed by atoms with Crippen LogP contribution in [0.1, 0.15) is 32.3 Å². The van der Waals surface area contributed by atoms with Gasteiger partial charge < -0.3 is 4.74 Å². The van der Waals surface area contributed by atoms with Crippen LogP contribution < -0.4 is 4.74 Å². The lowest BCUT2D eigenvalue weighted by Gasteiger charge is -2.12. The van der Waals surface area contributed by atoms with Gasteiger partial charge in [-0.05, 0) is 37.5 Å². The summed E-state index contributed by atoms with van der Waals surface area (Å²) in [6.45, 7) is 5.05. The monoisotopic (exact) mass is 250 g/mol. The van der Waals surface area contributed by atoms with E-state index in [0.29, 0.717) is 5.92 Å². The van der Waals surface area contributed by atoms with E-state index in [9.17, 15) is 0 Å². The largest absolute Gasteiger partial charge is 0.493 e. The fourth-order valence-corrected chi connectivity index (χ4v) is 2.10. The standard InChI is InChI=1S/C15H22OS/c1-3-6-14-7-4-5-8-15(14)16-11-9-13(2)10-12-17/h3-8,13,17H,9-12H2,1-2H3. The van der Waals surface area contributed by atoms with E-state index in [1.54, 1.807) is 0 Å². The fraction of sp³-hybridized carbons (Fsp3) is 0.467. The average Bonchev–Trinajstić information content (AvgIpc) is 2.32. The van der Waals surface area contributed by atoms with Gasteiger partial charge in [0.1, 0.15) is 5.75 Å². The van der Waals surface area contributed by atoms with Gasteiger partial charge in [-0.15, -0.1) is 0 Å². The van der Waals surface area contributed by atoms with Crippen molar-refractivity contribution in [1.82, 2.24) is 0 Å². The second kappa shape index (κ2) is 8.24. The quantitative estimate of drug-likeness (QED) is 0.704. The van der Waals surface area contributed by atoms with Crippen molar-refractivity contribution in [3.05, 3.63) is 35.9 Å². The molecule has 0 fully saturated rings. The molecule has 0 aliphatic heterocycles. The van der Waals surface area contributed by atoms with Gasteiger partial charge in [-0.2, -0.15) is 12.6 Å². The van der Waals surface area contributed by atoms with Crippen LogP contribution in [0, 0.1) is 5.92 Å². The predicted molar refractivity (Wildman–Crippen MR) is 78.9 cm³/mol. The topological polar surface area (TPSA) is 9.23 Å². The van der Waals surface area contributed by atoms with Crippen LogP contribution in [0.5, 0.6) is 5.75 Å². The first-order valence-corrected chi connectivity index (χ1v) is 6.86. The lowest BCUT2D eigenvalue weighted by molar-refractivity contribution is 0.282. The maximum absolute atomic E-state index is 5.83. The fourth-order valence-electron chi connectivity index (χ4n) is 1.66. The highest BCUT2D eigenvalue weighted by Crippen LogP contribution is 2.20. The van der Waals surface area contributed by atoms with Crippen molar-refractivity contribution in [2.45, 2.75) is 26.7 Å². The van der Waals surface area contributed by atoms with Crippen LogP contribution >= 0.6 is 12.6 Å². The number of ether oxygens (including phenoxy) is 1. The van der Waals surface area contributed by atoms with E-state index in [0.717, 1.165) is 36.5 Å². The summed E-state index contributed by atoms with van der Waals surface area (Å²) in [7, 11) is 0. The number of rotatable bonds is 7. The lowest BCUT2D eigenvalue weighted by atomic mass is 10.1. The van der Waals surface area contributed by atoms with Gasteiger partial charge in [0.2, 0.25) is 0 Å². The van der Waals surface area contributed by atoms with E-state index in [1.807, 2.05) is 31.2 Å². The Bertz CT molecular complexity index is 347. The van der Waals surface area contributed by atoms with Gasteiger partial charge in [0.25, 0.3) is 0 Å². The molecule has 0 amide bonds. The molecular weight excluding hydrogens is 228 g/mol. The summed E-state index contributed by atoms with van der Waals surface area (Å²) in [5, 5.41) is 0. The first-order valence-electron chi connectivity index (χ1n) is 6.23. The van der Waals surface area contributed by atoms with Gasteiger partial charge in [-0.1, -0.05) is 37.3 Å². The zero-order chi connectivity index (χ0) is 12.5. The van der Waals surface area contributed by atoms with E-state index >= 15 is 0 Å². The van der Waals surface area contributed by atoms with Crippen LogP contribution in [0.3, 0.4) is 0 Å². The minimum atomic E-state index is 0.682. The van der Waals surface area contributed by atoms with E-state index in [1.165, 1.54) is 0 Å². The van der Waals surface area contributed by atoms with Gasteiger partial charge in [0, 0.05) is 5.56 Å². The molecule has 0 aromatic heterocycles. The summed E-state index contributed by atoms with van der Waals surface area (Å²) in [5.41, 5.74) is 1.15. The summed E-state index contributed by atoms with van der Waals surface area (Å²) in [4.78, 5) is 0. The molecule has 1 rings (SSSR count). The van der Waals surface area contributed by atoms with Crippen molar-refractivity contribution in [2.24, 2.45) is 5.92 Å². The van der Waals surface area contributed by atoms with Crippen molar-refractivity contribution in [3.8, 4) is 5.75 Å². The number of hydrogen-bond donors (Lipinski definition) is 1. The van der Waals surface area contributed by atoms with E-state index in [2.05, 4.69) is 31.7 Å². The van der Waals surface area contributed by atoms with Gasteiger partial charge >= 0.3 is 0 Å². The maximum atomic E-state index is 5.83. The molecule has 1 unspecified atom stereocenters. The average molecular weight is 250 g/mol. The summed E-state index contributed by atoms with van der Waals surface area (Å²) < 4.78 is 5.83. The Kier molecular flexibility index (Phi) is 6.87. The Morgan fingerprint density at radius 2 is 2.06 bits per heavy atom. The summed E-state index contributed by atoms with van der Waals surface area (Å²) in [5.74, 6) is 2.61. The number of thiol groups is 1. The van der Waals surface area contributed by atoms with Crippen LogP contribution in [0.2, 0.25) is 0 Å². The second-order valence-corrected chi connectivity index (χ2v) is 4.74. The molecule has 1 atom stereocenters. The van der Waals surface area contributed by atoms with Gasteiger partial charge in [-0.3, -0.25) is 0 Å². The van der Waals surface area contributed by atoms with E-state index in [-0.39, 0.29) is 0 Å². The van der Waals surface area contributed by atoms with Crippen LogP contribution in [-0.4, -0.2) is 12.4 Å². The molecule has 0 heterocycles. The second-order valence-electron chi connectivity index (χ2n) is 4.29. The third kappa shape index (κ3) is 5.31. The molecule has 2 heteroatoms. The summed E-state index contributed by atoms with van der Waals surface area (Å²) >= 11 is 4.25. The van der Waals surface area contributed by atoms with Crippen LogP contribution in [0.4, 0.5) is 0 Å². The van der Waals surface area contributed by atoms with E-state index in [4.69, 9.17) is 4.74 Å². The van der Waals surface area contributed by atoms with E-state index < -0.39 is 0 Å². The lowest BCUT2D eigenvalue weighted by Crippen LogP contribution is -2.05. The highest BCUT2D eigenvalue weighted by molar-refractivity contribution is 7.80. The molecule has 0 saturated heterocycles. The normalized spacial score (nSPS) is 12.9. The Labute approximate surface area is 110 Å². The summed E-state index contributed by atoms with van der Waals surface area (Å²) in [6, 6.07) is 8.15. The number of para-hydroxylation sites is 1. The van der Waals surface area contributed by atoms with Crippen molar-refractivity contribution >= 4 is 18.7 Å². The maximum Gasteiger partial charge on any atom is 0.126 e. The first kappa shape index (κ1) is 14.2. The molecule has 17 heavy (non-hydrogen) atoms. The zero-order valence-electron chi connectivity index (χ0n) is 10.7. The van der Waals surface area contributed by atoms with Crippen LogP contribution in [0.15, 0.2) is 30.3 Å². The van der Waals surface area contributed by atoms with Gasteiger partial charge in [0.15, 0.2) is 0 Å². The number of allylic oxidation sites excluding steroid dienone is 1. The molecule has 0 aliphatic rings. The highest BCUT2D eigenvalue weighted by Gasteiger charge is 2.03. The molecule has 0 N–H and O–H groups in total. The molecule has 1 aromatic rings. The van der Waals surface area contributed by atoms with Gasteiger partial charge in [0.05, 0.1) is 6.61 Å². The van der Waals surface area contributed by atoms with Crippen molar-refractivity contribution in [2.75, 3.05) is 12.4 Å².